The molecule has 5 nitrogen and oxygen atoms in total. The van der Waals surface area contributed by atoms with E-state index in [0.29, 0.717) is 12.8 Å². The van der Waals surface area contributed by atoms with Gasteiger partial charge in [-0.3, -0.25) is 9.59 Å². The molecule has 0 fully saturated rings. The van der Waals surface area contributed by atoms with E-state index in [-0.39, 0.29) is 25.2 Å². The lowest BCUT2D eigenvalue weighted by atomic mass is 10.0. The lowest BCUT2D eigenvalue weighted by Gasteiger charge is -2.15. The first kappa shape index (κ1) is 63.1. The van der Waals surface area contributed by atoms with E-state index in [1.807, 2.05) is 0 Å². The Morgan fingerprint density at radius 3 is 0.909 bits per heavy atom. The molecule has 0 aliphatic rings. The van der Waals surface area contributed by atoms with Crippen molar-refractivity contribution in [3.8, 4) is 0 Å². The summed E-state index contributed by atoms with van der Waals surface area (Å²) in [5.74, 6) is -0.595. The van der Waals surface area contributed by atoms with Crippen molar-refractivity contribution in [1.29, 1.82) is 0 Å². The number of hydrogen-bond acceptors (Lipinski definition) is 5. The minimum Gasteiger partial charge on any atom is -0.462 e. The molecule has 5 heteroatoms. The van der Waals surface area contributed by atoms with Gasteiger partial charge in [-0.05, 0) is 83.5 Å². The summed E-state index contributed by atoms with van der Waals surface area (Å²) < 4.78 is 10.7. The van der Waals surface area contributed by atoms with Gasteiger partial charge in [-0.25, -0.2) is 0 Å². The fourth-order valence-electron chi connectivity index (χ4n) is 8.03. The number of hydrogen-bond donors (Lipinski definition) is 1. The molecule has 0 saturated heterocycles. The summed E-state index contributed by atoms with van der Waals surface area (Å²) in [5, 5.41) is 9.64. The van der Waals surface area contributed by atoms with Crippen LogP contribution in [0, 0.1) is 0 Å². The largest absolute Gasteiger partial charge is 0.462 e. The van der Waals surface area contributed by atoms with Gasteiger partial charge in [0.05, 0.1) is 6.61 Å². The summed E-state index contributed by atoms with van der Waals surface area (Å²) in [5.41, 5.74) is 0. The van der Waals surface area contributed by atoms with Crippen LogP contribution in [0.4, 0.5) is 0 Å². The van der Waals surface area contributed by atoms with Crippen LogP contribution < -0.4 is 0 Å². The maximum Gasteiger partial charge on any atom is 0.306 e. The van der Waals surface area contributed by atoms with Gasteiger partial charge in [0.25, 0.3) is 0 Å². The normalized spacial score (nSPS) is 12.8. The van der Waals surface area contributed by atoms with Gasteiger partial charge in [-0.1, -0.05) is 259 Å². The lowest BCUT2D eigenvalue weighted by Crippen LogP contribution is -2.28. The van der Waals surface area contributed by atoms with Crippen LogP contribution in [0.3, 0.4) is 0 Å². The van der Waals surface area contributed by atoms with Crippen LogP contribution in [0.5, 0.6) is 0 Å². The van der Waals surface area contributed by atoms with Crippen molar-refractivity contribution in [3.05, 3.63) is 85.1 Å². The number of esters is 2. The van der Waals surface area contributed by atoms with E-state index in [1.165, 1.54) is 154 Å². The van der Waals surface area contributed by atoms with Crippen LogP contribution in [0.15, 0.2) is 85.1 Å². The molecule has 1 unspecified atom stereocenters. The van der Waals surface area contributed by atoms with Gasteiger partial charge in [0.2, 0.25) is 0 Å². The van der Waals surface area contributed by atoms with E-state index in [1.54, 1.807) is 0 Å². The molecule has 0 bridgehead atoms. The highest BCUT2D eigenvalue weighted by molar-refractivity contribution is 5.70. The minimum absolute atomic E-state index is 0.0712. The summed E-state index contributed by atoms with van der Waals surface area (Å²) in [4.78, 5) is 24.5. The van der Waals surface area contributed by atoms with Gasteiger partial charge in [-0.15, -0.1) is 0 Å². The highest BCUT2D eigenvalue weighted by Gasteiger charge is 2.16. The van der Waals surface area contributed by atoms with Gasteiger partial charge >= 0.3 is 11.9 Å². The van der Waals surface area contributed by atoms with Crippen LogP contribution in [0.1, 0.15) is 271 Å². The Kier molecular flexibility index (Phi) is 53.9. The van der Waals surface area contributed by atoms with Gasteiger partial charge in [0, 0.05) is 12.8 Å². The quantitative estimate of drug-likeness (QED) is 0.0374. The maximum absolute atomic E-state index is 12.3. The second-order valence-electron chi connectivity index (χ2n) is 18.6. The molecule has 0 spiro atoms. The highest BCUT2D eigenvalue weighted by Crippen LogP contribution is 2.17. The van der Waals surface area contributed by atoms with E-state index < -0.39 is 6.10 Å². The Morgan fingerprint density at radius 1 is 0.348 bits per heavy atom. The predicted molar refractivity (Wildman–Crippen MR) is 288 cm³/mol. The Bertz CT molecular complexity index is 1220. The molecule has 0 aromatic carbocycles. The van der Waals surface area contributed by atoms with Crippen LogP contribution in [0.25, 0.3) is 0 Å². The van der Waals surface area contributed by atoms with Crippen LogP contribution in [-0.2, 0) is 19.1 Å². The second kappa shape index (κ2) is 56.4. The zero-order valence-electron chi connectivity index (χ0n) is 43.4. The topological polar surface area (TPSA) is 72.8 Å². The van der Waals surface area contributed by atoms with Crippen LogP contribution in [-0.4, -0.2) is 36.4 Å². The van der Waals surface area contributed by atoms with Crippen molar-refractivity contribution in [2.24, 2.45) is 0 Å². The molecule has 0 aliphatic heterocycles. The summed E-state index contributed by atoms with van der Waals surface area (Å²) in [7, 11) is 0. The molecule has 0 rings (SSSR count). The molecule has 66 heavy (non-hydrogen) atoms. The molecule has 1 N–H and O–H groups in total. The standard InChI is InChI=1S/C61H106O5/c1-3-5-7-9-11-13-15-17-19-21-22-23-24-25-26-27-28-29-30-31-32-33-34-35-36-37-38-40-42-44-46-48-50-52-54-56-61(64)66-59(57-62)58-65-60(63)55-53-51-49-47-45-43-41-39-20-18-16-14-12-10-8-6-4-2/h5-8,11-14,17-20,22-23,59,62H,3-4,9-10,15-16,21,24-58H2,1-2H3/b7-5-,8-6-,13-11-,14-12-,19-17-,20-18-,23-22-. The zero-order chi connectivity index (χ0) is 47.7. The predicted octanol–water partition coefficient (Wildman–Crippen LogP) is 19.0. The Hall–Kier alpha value is -2.92. The van der Waals surface area contributed by atoms with Gasteiger partial charge in [-0.2, -0.15) is 0 Å². The molecule has 0 amide bonds. The average Bonchev–Trinajstić information content (AvgIpc) is 3.32. The van der Waals surface area contributed by atoms with Gasteiger partial charge in [0.1, 0.15) is 6.61 Å². The smallest absolute Gasteiger partial charge is 0.306 e. The number of aliphatic hydroxyl groups is 1. The first-order chi connectivity index (χ1) is 32.6. The molecule has 0 aliphatic carbocycles. The van der Waals surface area contributed by atoms with E-state index in [0.717, 1.165) is 89.9 Å². The van der Waals surface area contributed by atoms with E-state index in [2.05, 4.69) is 98.9 Å². The number of unbranched alkanes of at least 4 members (excludes halogenated alkanes) is 29. The van der Waals surface area contributed by atoms with Crippen LogP contribution in [0.2, 0.25) is 0 Å². The van der Waals surface area contributed by atoms with E-state index >= 15 is 0 Å². The average molecular weight is 920 g/mol. The maximum atomic E-state index is 12.3. The van der Waals surface area contributed by atoms with Crippen molar-refractivity contribution >= 4 is 11.9 Å². The molecule has 380 valence electrons. The molecule has 0 aromatic heterocycles. The monoisotopic (exact) mass is 919 g/mol. The molecule has 0 heterocycles. The number of allylic oxidation sites excluding steroid dienone is 14. The highest BCUT2D eigenvalue weighted by atomic mass is 16.6. The molecule has 0 saturated carbocycles. The van der Waals surface area contributed by atoms with E-state index in [4.69, 9.17) is 9.47 Å². The summed E-state index contributed by atoms with van der Waals surface area (Å²) in [6.45, 7) is 3.93. The molecule has 0 aromatic rings. The van der Waals surface area contributed by atoms with Crippen molar-refractivity contribution in [1.82, 2.24) is 0 Å². The zero-order valence-corrected chi connectivity index (χ0v) is 43.4. The first-order valence-electron chi connectivity index (χ1n) is 28.1. The Labute approximate surface area is 409 Å². The number of carbonyl (C=O) groups is 2. The third kappa shape index (κ3) is 53.7. The molecule has 0 radical (unpaired) electrons. The SMILES string of the molecule is CC/C=C\C/C=C\C/C=C\C/C=C\CCCCCCCCCCCCCCCCCCCCCCCCC(=O)OC(CO)COC(=O)CCCCCCCCC/C=C\C/C=C\C/C=C\CC. The fourth-order valence-corrected chi connectivity index (χ4v) is 8.03. The minimum atomic E-state index is -0.778. The second-order valence-corrected chi connectivity index (χ2v) is 18.6. The Balaban J connectivity index is 3.43. The lowest BCUT2D eigenvalue weighted by molar-refractivity contribution is -0.161. The third-order valence-electron chi connectivity index (χ3n) is 12.2. The first-order valence-corrected chi connectivity index (χ1v) is 28.1. The van der Waals surface area contributed by atoms with Crippen LogP contribution >= 0.6 is 0 Å². The third-order valence-corrected chi connectivity index (χ3v) is 12.2. The number of aliphatic hydroxyl groups excluding tert-OH is 1. The molecule has 1 atom stereocenters. The van der Waals surface area contributed by atoms with Gasteiger partial charge in [0.15, 0.2) is 6.10 Å². The summed E-state index contributed by atoms with van der Waals surface area (Å²) in [6, 6.07) is 0. The van der Waals surface area contributed by atoms with Crippen molar-refractivity contribution < 1.29 is 24.2 Å². The number of rotatable bonds is 51. The fraction of sp³-hybridized carbons (Fsp3) is 0.738. The van der Waals surface area contributed by atoms with Crippen molar-refractivity contribution in [3.63, 3.8) is 0 Å². The summed E-state index contributed by atoms with van der Waals surface area (Å²) >= 11 is 0. The Morgan fingerprint density at radius 2 is 0.606 bits per heavy atom. The molecular formula is C61H106O5. The molecular weight excluding hydrogens is 813 g/mol. The van der Waals surface area contributed by atoms with Gasteiger partial charge < -0.3 is 14.6 Å². The summed E-state index contributed by atoms with van der Waals surface area (Å²) in [6.07, 6.45) is 78.5. The number of carbonyl (C=O) groups excluding carboxylic acids is 2. The van der Waals surface area contributed by atoms with Crippen molar-refractivity contribution in [2.75, 3.05) is 13.2 Å². The van der Waals surface area contributed by atoms with Crippen molar-refractivity contribution in [2.45, 2.75) is 277 Å². The number of ether oxygens (including phenoxy) is 2. The van der Waals surface area contributed by atoms with E-state index in [9.17, 15) is 14.7 Å².